The molecule has 0 spiro atoms. The zero-order valence-electron chi connectivity index (χ0n) is 18.1. The second-order valence-corrected chi connectivity index (χ2v) is 8.30. The van der Waals surface area contributed by atoms with Gasteiger partial charge in [-0.25, -0.2) is 5.43 Å². The molecule has 3 heterocycles. The van der Waals surface area contributed by atoms with Crippen molar-refractivity contribution in [1.29, 1.82) is 0 Å². The molecule has 1 N–H and O–H groups in total. The van der Waals surface area contributed by atoms with E-state index in [1.165, 1.54) is 5.56 Å². The number of carbonyl (C=O) groups is 2. The van der Waals surface area contributed by atoms with Gasteiger partial charge in [-0.1, -0.05) is 18.2 Å². The van der Waals surface area contributed by atoms with Crippen molar-refractivity contribution in [2.24, 2.45) is 5.10 Å². The lowest BCUT2D eigenvalue weighted by Crippen LogP contribution is -2.35. The molecule has 1 aliphatic heterocycles. The van der Waals surface area contributed by atoms with E-state index in [4.69, 9.17) is 4.42 Å². The Morgan fingerprint density at radius 2 is 1.94 bits per heavy atom. The van der Waals surface area contributed by atoms with Gasteiger partial charge in [-0.05, 0) is 56.9 Å². The highest BCUT2D eigenvalue weighted by Crippen LogP contribution is 2.36. The minimum absolute atomic E-state index is 0.0641. The maximum absolute atomic E-state index is 13.5. The van der Waals surface area contributed by atoms with Gasteiger partial charge in [0.2, 0.25) is 0 Å². The number of hydrogen-bond acceptors (Lipinski definition) is 5. The number of hydrazone groups is 1. The largest absolute Gasteiger partial charge is 0.455 e. The zero-order chi connectivity index (χ0) is 22.2. The fourth-order valence-electron chi connectivity index (χ4n) is 4.65. The fourth-order valence-corrected chi connectivity index (χ4v) is 4.65. The number of hydrogen-bond donors (Lipinski definition) is 1. The number of furan rings is 1. The number of anilines is 1. The first-order valence-electron chi connectivity index (χ1n) is 10.9. The predicted molar refractivity (Wildman–Crippen MR) is 121 cm³/mol. The molecular formula is C25H24N4O3. The lowest BCUT2D eigenvalue weighted by Gasteiger charge is -2.21. The molecule has 0 bridgehead atoms. The van der Waals surface area contributed by atoms with Gasteiger partial charge in [0.15, 0.2) is 5.76 Å². The van der Waals surface area contributed by atoms with Crippen LogP contribution in [0.3, 0.4) is 0 Å². The maximum atomic E-state index is 13.5. The standard InChI is InChI=1S/C25H24N4O3/c1-15-14-18-6-3-4-8-20(18)29(15)25(31)23-16(2)22-19(7-5-9-21(22)32-23)27-28-24(30)17-10-12-26-13-11-17/h3-4,6,8,10-13,15H,5,7,9,14H2,1-2H3,(H,28,30)/b27-19+. The van der Waals surface area contributed by atoms with Crippen LogP contribution in [0.2, 0.25) is 0 Å². The van der Waals surface area contributed by atoms with Crippen LogP contribution >= 0.6 is 0 Å². The summed E-state index contributed by atoms with van der Waals surface area (Å²) in [6.07, 6.45) is 6.26. The van der Waals surface area contributed by atoms with Gasteiger partial charge < -0.3 is 9.32 Å². The predicted octanol–water partition coefficient (Wildman–Crippen LogP) is 4.04. The average molecular weight is 428 g/mol. The number of aryl methyl sites for hydroxylation is 1. The molecule has 0 fully saturated rings. The highest BCUT2D eigenvalue weighted by molar-refractivity contribution is 6.11. The normalized spacial score (nSPS) is 18.4. The Morgan fingerprint density at radius 3 is 2.75 bits per heavy atom. The first-order chi connectivity index (χ1) is 15.5. The molecule has 7 nitrogen and oxygen atoms in total. The van der Waals surface area contributed by atoms with Gasteiger partial charge in [-0.3, -0.25) is 14.6 Å². The van der Waals surface area contributed by atoms with Crippen LogP contribution < -0.4 is 10.3 Å². The summed E-state index contributed by atoms with van der Waals surface area (Å²) < 4.78 is 6.10. The number of carbonyl (C=O) groups excluding carboxylic acids is 2. The lowest BCUT2D eigenvalue weighted by molar-refractivity contribution is 0.0946. The molecule has 3 aromatic rings. The molecular weight excluding hydrogens is 404 g/mol. The molecule has 0 radical (unpaired) electrons. The number of para-hydroxylation sites is 1. The van der Waals surface area contributed by atoms with Gasteiger partial charge in [0.25, 0.3) is 11.8 Å². The summed E-state index contributed by atoms with van der Waals surface area (Å²) in [5, 5.41) is 4.39. The molecule has 162 valence electrons. The molecule has 0 saturated carbocycles. The van der Waals surface area contributed by atoms with E-state index < -0.39 is 0 Å². The number of benzene rings is 1. The quantitative estimate of drug-likeness (QED) is 0.638. The highest BCUT2D eigenvalue weighted by atomic mass is 16.4. The van der Waals surface area contributed by atoms with E-state index in [0.29, 0.717) is 17.7 Å². The van der Waals surface area contributed by atoms with Crippen molar-refractivity contribution in [2.45, 2.75) is 45.6 Å². The molecule has 32 heavy (non-hydrogen) atoms. The van der Waals surface area contributed by atoms with Crippen LogP contribution in [-0.2, 0) is 12.8 Å². The summed E-state index contributed by atoms with van der Waals surface area (Å²) in [4.78, 5) is 31.7. The van der Waals surface area contributed by atoms with E-state index in [0.717, 1.165) is 47.5 Å². The van der Waals surface area contributed by atoms with Crippen molar-refractivity contribution in [3.63, 3.8) is 0 Å². The average Bonchev–Trinajstić information content (AvgIpc) is 3.34. The Balaban J connectivity index is 1.45. The zero-order valence-corrected chi connectivity index (χ0v) is 18.1. The van der Waals surface area contributed by atoms with Crippen molar-refractivity contribution < 1.29 is 14.0 Å². The first-order valence-corrected chi connectivity index (χ1v) is 10.9. The van der Waals surface area contributed by atoms with E-state index in [2.05, 4.69) is 28.5 Å². The van der Waals surface area contributed by atoms with Crippen molar-refractivity contribution in [3.05, 3.63) is 82.6 Å². The van der Waals surface area contributed by atoms with Crippen LogP contribution in [0.15, 0.2) is 58.3 Å². The van der Waals surface area contributed by atoms with Gasteiger partial charge in [0.05, 0.1) is 5.71 Å². The second-order valence-electron chi connectivity index (χ2n) is 8.30. The van der Waals surface area contributed by atoms with E-state index >= 15 is 0 Å². The molecule has 2 aromatic heterocycles. The molecule has 1 unspecified atom stereocenters. The lowest BCUT2D eigenvalue weighted by atomic mass is 9.93. The molecule has 1 atom stereocenters. The molecule has 2 amide bonds. The number of rotatable bonds is 3. The minimum atomic E-state index is -0.299. The second kappa shape index (κ2) is 8.07. The van der Waals surface area contributed by atoms with Crippen molar-refractivity contribution in [1.82, 2.24) is 10.4 Å². The van der Waals surface area contributed by atoms with Crippen molar-refractivity contribution in [3.8, 4) is 0 Å². The molecule has 7 heteroatoms. The summed E-state index contributed by atoms with van der Waals surface area (Å²) in [6, 6.07) is 11.3. The van der Waals surface area contributed by atoms with Crippen LogP contribution in [0.5, 0.6) is 0 Å². The van der Waals surface area contributed by atoms with Gasteiger partial charge >= 0.3 is 0 Å². The van der Waals surface area contributed by atoms with E-state index in [-0.39, 0.29) is 17.9 Å². The molecule has 2 aliphatic rings. The summed E-state index contributed by atoms with van der Waals surface area (Å²) in [5.41, 5.74) is 7.59. The fraction of sp³-hybridized carbons (Fsp3) is 0.280. The third-order valence-corrected chi connectivity index (χ3v) is 6.18. The maximum Gasteiger partial charge on any atom is 0.294 e. The number of pyridine rings is 1. The van der Waals surface area contributed by atoms with Gasteiger partial charge in [-0.2, -0.15) is 5.10 Å². The van der Waals surface area contributed by atoms with Gasteiger partial charge in [0.1, 0.15) is 5.76 Å². The van der Waals surface area contributed by atoms with E-state index in [9.17, 15) is 9.59 Å². The Hall–Kier alpha value is -3.74. The van der Waals surface area contributed by atoms with Crippen LogP contribution in [0.25, 0.3) is 0 Å². The Bertz CT molecular complexity index is 1230. The molecule has 1 aliphatic carbocycles. The van der Waals surface area contributed by atoms with Crippen LogP contribution in [0.4, 0.5) is 5.69 Å². The van der Waals surface area contributed by atoms with E-state index in [1.54, 1.807) is 24.5 Å². The number of nitrogens with zero attached hydrogens (tertiary/aromatic N) is 3. The number of aromatic nitrogens is 1. The van der Waals surface area contributed by atoms with Gasteiger partial charge in [-0.15, -0.1) is 0 Å². The molecule has 0 saturated heterocycles. The Kier molecular flexibility index (Phi) is 5.09. The summed E-state index contributed by atoms with van der Waals surface area (Å²) >= 11 is 0. The summed E-state index contributed by atoms with van der Waals surface area (Å²) in [6.45, 7) is 3.95. The van der Waals surface area contributed by atoms with Crippen LogP contribution in [0, 0.1) is 6.92 Å². The smallest absolute Gasteiger partial charge is 0.294 e. The first kappa shape index (κ1) is 20.2. The molecule has 5 rings (SSSR count). The summed E-state index contributed by atoms with van der Waals surface area (Å²) in [7, 11) is 0. The highest BCUT2D eigenvalue weighted by Gasteiger charge is 2.36. The van der Waals surface area contributed by atoms with Gasteiger partial charge in [0, 0.05) is 47.2 Å². The summed E-state index contributed by atoms with van der Waals surface area (Å²) in [5.74, 6) is 0.684. The van der Waals surface area contributed by atoms with Crippen LogP contribution in [0.1, 0.15) is 63.1 Å². The Labute approximate surface area is 186 Å². The minimum Gasteiger partial charge on any atom is -0.455 e. The SMILES string of the molecule is Cc1c(C(=O)N2c3ccccc3CC2C)oc2c1/C(=N/NC(=O)c1ccncc1)CCC2. The molecule has 1 aromatic carbocycles. The number of fused-ring (bicyclic) bond motifs is 2. The monoisotopic (exact) mass is 428 g/mol. The number of amides is 2. The number of nitrogens with one attached hydrogen (secondary N) is 1. The Morgan fingerprint density at radius 1 is 1.16 bits per heavy atom. The topological polar surface area (TPSA) is 87.8 Å². The third kappa shape index (κ3) is 3.39. The third-order valence-electron chi connectivity index (χ3n) is 6.18. The van der Waals surface area contributed by atoms with Crippen molar-refractivity contribution >= 4 is 23.2 Å². The van der Waals surface area contributed by atoms with Crippen molar-refractivity contribution in [2.75, 3.05) is 4.90 Å². The van der Waals surface area contributed by atoms with Crippen LogP contribution in [-0.4, -0.2) is 28.6 Å². The van der Waals surface area contributed by atoms with E-state index in [1.807, 2.05) is 30.0 Å².